The number of nitrogens with zero attached hydrogens (tertiary/aromatic N) is 2. The molecule has 1 aromatic heterocycles. The molecule has 0 spiro atoms. The topological polar surface area (TPSA) is 130 Å². The summed E-state index contributed by atoms with van der Waals surface area (Å²) in [6.45, 7) is 5.12. The fourth-order valence-corrected chi connectivity index (χ4v) is 3.76. The standard InChI is InChI=1S/C22H29N5O5/c1-13-12-26(20-19(23)16(28)7-8-25-20)9-10-27(13)22(30)14(2)32-17-6-5-15(21(29)24-3)11-18(17)31-4/h5-8,11,13-14H,9-10,12,23H2,1-4H3,(H,24,29)(H,25,28)/t13-,14+/m1/s1. The molecule has 0 aliphatic carbocycles. The van der Waals surface area contributed by atoms with Crippen molar-refractivity contribution in [2.45, 2.75) is 26.0 Å². The number of carbonyl (C=O) groups excluding carboxylic acids is 2. The van der Waals surface area contributed by atoms with Crippen LogP contribution in [0.25, 0.3) is 0 Å². The van der Waals surface area contributed by atoms with E-state index >= 15 is 0 Å². The van der Waals surface area contributed by atoms with E-state index in [1.54, 1.807) is 43.3 Å². The van der Waals surface area contributed by atoms with Crippen molar-refractivity contribution in [2.75, 3.05) is 44.4 Å². The van der Waals surface area contributed by atoms with Gasteiger partial charge in [0.2, 0.25) is 5.43 Å². The van der Waals surface area contributed by atoms with E-state index < -0.39 is 6.10 Å². The Hall–Kier alpha value is -3.69. The van der Waals surface area contributed by atoms with E-state index in [1.807, 2.05) is 11.8 Å². The molecule has 1 aliphatic heterocycles. The molecule has 172 valence electrons. The van der Waals surface area contributed by atoms with Gasteiger partial charge in [0.05, 0.1) is 7.11 Å². The van der Waals surface area contributed by atoms with Gasteiger partial charge in [-0.2, -0.15) is 0 Å². The highest BCUT2D eigenvalue weighted by Crippen LogP contribution is 2.29. The van der Waals surface area contributed by atoms with Gasteiger partial charge in [0.25, 0.3) is 11.8 Å². The molecule has 2 atom stereocenters. The minimum atomic E-state index is -0.759. The third-order valence-electron chi connectivity index (χ3n) is 5.51. The van der Waals surface area contributed by atoms with Crippen molar-refractivity contribution in [2.24, 2.45) is 0 Å². The van der Waals surface area contributed by atoms with E-state index in [0.29, 0.717) is 42.5 Å². The predicted molar refractivity (Wildman–Crippen MR) is 121 cm³/mol. The first-order valence-electron chi connectivity index (χ1n) is 10.4. The number of hydrogen-bond donors (Lipinski definition) is 3. The molecule has 10 nitrogen and oxygen atoms in total. The first-order chi connectivity index (χ1) is 15.3. The Kier molecular flexibility index (Phi) is 6.92. The van der Waals surface area contributed by atoms with Gasteiger partial charge >= 0.3 is 0 Å². The van der Waals surface area contributed by atoms with Gasteiger partial charge < -0.3 is 35.3 Å². The number of carbonyl (C=O) groups is 2. The number of amides is 2. The molecule has 0 radical (unpaired) electrons. The zero-order valence-electron chi connectivity index (χ0n) is 18.7. The summed E-state index contributed by atoms with van der Waals surface area (Å²) in [5.41, 5.74) is 6.30. The van der Waals surface area contributed by atoms with Crippen LogP contribution in [-0.4, -0.2) is 67.6 Å². The first kappa shape index (κ1) is 23.0. The van der Waals surface area contributed by atoms with Gasteiger partial charge in [-0.3, -0.25) is 14.4 Å². The summed E-state index contributed by atoms with van der Waals surface area (Å²) in [7, 11) is 3.02. The molecule has 3 rings (SSSR count). The number of methoxy groups -OCH3 is 1. The van der Waals surface area contributed by atoms with Gasteiger partial charge in [0.1, 0.15) is 11.5 Å². The largest absolute Gasteiger partial charge is 0.493 e. The molecule has 1 saturated heterocycles. The van der Waals surface area contributed by atoms with Crippen LogP contribution in [0.3, 0.4) is 0 Å². The third-order valence-corrected chi connectivity index (χ3v) is 5.51. The number of H-pyrrole nitrogens is 1. The number of piperazine rings is 1. The van der Waals surface area contributed by atoms with Crippen LogP contribution in [0.1, 0.15) is 24.2 Å². The van der Waals surface area contributed by atoms with Crippen molar-refractivity contribution < 1.29 is 19.1 Å². The van der Waals surface area contributed by atoms with Crippen molar-refractivity contribution >= 4 is 23.3 Å². The summed E-state index contributed by atoms with van der Waals surface area (Å²) in [6.07, 6.45) is 0.805. The van der Waals surface area contributed by atoms with Crippen molar-refractivity contribution in [1.82, 2.24) is 15.2 Å². The van der Waals surface area contributed by atoms with Crippen molar-refractivity contribution in [1.29, 1.82) is 0 Å². The van der Waals surface area contributed by atoms with E-state index in [0.717, 1.165) is 0 Å². The van der Waals surface area contributed by atoms with E-state index in [1.165, 1.54) is 13.2 Å². The zero-order valence-corrected chi connectivity index (χ0v) is 18.7. The Bertz CT molecular complexity index is 1050. The molecule has 0 saturated carbocycles. The summed E-state index contributed by atoms with van der Waals surface area (Å²) >= 11 is 0. The molecule has 2 heterocycles. The van der Waals surface area contributed by atoms with Crippen LogP contribution in [-0.2, 0) is 4.79 Å². The van der Waals surface area contributed by atoms with Crippen LogP contribution >= 0.6 is 0 Å². The Morgan fingerprint density at radius 3 is 2.66 bits per heavy atom. The molecule has 32 heavy (non-hydrogen) atoms. The average Bonchev–Trinajstić information content (AvgIpc) is 2.80. The summed E-state index contributed by atoms with van der Waals surface area (Å²) in [5.74, 6) is 0.908. The maximum Gasteiger partial charge on any atom is 0.263 e. The Labute approximate surface area is 186 Å². The van der Waals surface area contributed by atoms with Crippen molar-refractivity contribution in [3.05, 3.63) is 46.2 Å². The maximum absolute atomic E-state index is 13.1. The van der Waals surface area contributed by atoms with E-state index in [2.05, 4.69) is 10.3 Å². The van der Waals surface area contributed by atoms with E-state index in [-0.39, 0.29) is 29.0 Å². The molecule has 0 bridgehead atoms. The second kappa shape index (κ2) is 9.63. The second-order valence-corrected chi connectivity index (χ2v) is 7.64. The highest BCUT2D eigenvalue weighted by Gasteiger charge is 2.32. The van der Waals surface area contributed by atoms with Crippen LogP contribution in [0.15, 0.2) is 35.3 Å². The van der Waals surface area contributed by atoms with Gasteiger partial charge in [-0.15, -0.1) is 0 Å². The van der Waals surface area contributed by atoms with Crippen molar-refractivity contribution in [3.63, 3.8) is 0 Å². The smallest absolute Gasteiger partial charge is 0.263 e. The number of rotatable bonds is 6. The highest BCUT2D eigenvalue weighted by molar-refractivity contribution is 5.94. The Morgan fingerprint density at radius 1 is 1.25 bits per heavy atom. The molecule has 1 aliphatic rings. The Morgan fingerprint density at radius 2 is 2.00 bits per heavy atom. The normalized spacial score (nSPS) is 16.9. The quantitative estimate of drug-likeness (QED) is 0.603. The van der Waals surface area contributed by atoms with Crippen molar-refractivity contribution in [3.8, 4) is 11.5 Å². The molecule has 1 fully saturated rings. The van der Waals surface area contributed by atoms with Gasteiger partial charge in [-0.05, 0) is 32.0 Å². The number of anilines is 2. The fourth-order valence-electron chi connectivity index (χ4n) is 3.76. The summed E-state index contributed by atoms with van der Waals surface area (Å²) < 4.78 is 11.2. The maximum atomic E-state index is 13.1. The zero-order chi connectivity index (χ0) is 23.4. The van der Waals surface area contributed by atoms with E-state index in [4.69, 9.17) is 15.2 Å². The highest BCUT2D eigenvalue weighted by atomic mass is 16.5. The summed E-state index contributed by atoms with van der Waals surface area (Å²) in [6, 6.07) is 6.06. The summed E-state index contributed by atoms with van der Waals surface area (Å²) in [4.78, 5) is 43.5. The number of nitrogen functional groups attached to an aromatic ring is 1. The fraction of sp³-hybridized carbons (Fsp3) is 0.409. The second-order valence-electron chi connectivity index (χ2n) is 7.64. The minimum Gasteiger partial charge on any atom is -0.493 e. The molecule has 1 aromatic carbocycles. The van der Waals surface area contributed by atoms with Crippen LogP contribution in [0, 0.1) is 0 Å². The lowest BCUT2D eigenvalue weighted by molar-refractivity contribution is -0.140. The number of hydrogen-bond acceptors (Lipinski definition) is 7. The molecular weight excluding hydrogens is 414 g/mol. The molecule has 10 heteroatoms. The Balaban J connectivity index is 1.68. The number of pyridine rings is 1. The van der Waals surface area contributed by atoms with E-state index in [9.17, 15) is 14.4 Å². The minimum absolute atomic E-state index is 0.122. The molecule has 4 N–H and O–H groups in total. The lowest BCUT2D eigenvalue weighted by Gasteiger charge is -2.41. The summed E-state index contributed by atoms with van der Waals surface area (Å²) in [5, 5.41) is 2.55. The SMILES string of the molecule is CNC(=O)c1ccc(O[C@@H](C)C(=O)N2CCN(c3[nH]ccc(=O)c3N)C[C@H]2C)c(OC)c1. The van der Waals surface area contributed by atoms with Gasteiger partial charge in [0.15, 0.2) is 17.6 Å². The lowest BCUT2D eigenvalue weighted by Crippen LogP contribution is -2.57. The number of aromatic nitrogens is 1. The molecular formula is C22H29N5O5. The predicted octanol–water partition coefficient (Wildman–Crippen LogP) is 0.830. The number of nitrogens with one attached hydrogen (secondary N) is 2. The number of ether oxygens (including phenoxy) is 2. The van der Waals surface area contributed by atoms with Crippen LogP contribution in [0.5, 0.6) is 11.5 Å². The van der Waals surface area contributed by atoms with Gasteiger partial charge in [0, 0.05) is 50.6 Å². The monoisotopic (exact) mass is 443 g/mol. The first-order valence-corrected chi connectivity index (χ1v) is 10.4. The van der Waals surface area contributed by atoms with Crippen LogP contribution < -0.4 is 30.9 Å². The number of aromatic amines is 1. The van der Waals surface area contributed by atoms with Crippen LogP contribution in [0.2, 0.25) is 0 Å². The van der Waals surface area contributed by atoms with Crippen LogP contribution in [0.4, 0.5) is 11.5 Å². The molecule has 0 unspecified atom stereocenters. The molecule has 2 amide bonds. The van der Waals surface area contributed by atoms with Gasteiger partial charge in [-0.1, -0.05) is 0 Å². The molecule has 2 aromatic rings. The number of benzene rings is 1. The third kappa shape index (κ3) is 4.63. The average molecular weight is 444 g/mol. The van der Waals surface area contributed by atoms with Gasteiger partial charge in [-0.25, -0.2) is 0 Å². The lowest BCUT2D eigenvalue weighted by atomic mass is 10.1. The number of nitrogens with two attached hydrogens (primary N) is 1.